The average Bonchev–Trinajstić information content (AvgIpc) is 3.15. The molecule has 1 aromatic rings. The molecule has 3 amide bonds. The molecule has 0 radical (unpaired) electrons. The van der Waals surface area contributed by atoms with Crippen molar-refractivity contribution in [1.82, 2.24) is 25.9 Å². The minimum atomic E-state index is -1.46. The number of carbonyl (C=O) groups is 4. The Balaban J connectivity index is 2.95. The lowest BCUT2D eigenvalue weighted by Gasteiger charge is -2.26. The lowest BCUT2D eigenvalue weighted by Crippen LogP contribution is -2.60. The van der Waals surface area contributed by atoms with Crippen LogP contribution in [0.4, 0.5) is 0 Å². The number of rotatable bonds is 11. The number of aliphatic carboxylic acids is 1. The summed E-state index contributed by atoms with van der Waals surface area (Å²) in [6, 6.07) is -4.76. The zero-order chi connectivity index (χ0) is 22.1. The molecule has 162 valence electrons. The molecule has 1 heterocycles. The summed E-state index contributed by atoms with van der Waals surface area (Å²) in [5.41, 5.74) is 6.06. The van der Waals surface area contributed by atoms with Gasteiger partial charge in [0.15, 0.2) is 0 Å². The smallest absolute Gasteiger partial charge is 0.327 e. The predicted molar refractivity (Wildman–Crippen MR) is 105 cm³/mol. The highest BCUT2D eigenvalue weighted by Gasteiger charge is 2.32. The monoisotopic (exact) mass is 430 g/mol. The highest BCUT2D eigenvalue weighted by Crippen LogP contribution is 2.03. The predicted octanol–water partition coefficient (Wildman–Crippen LogP) is -2.85. The van der Waals surface area contributed by atoms with Gasteiger partial charge in [-0.15, -0.1) is 0 Å². The molecule has 0 saturated carbocycles. The number of carbonyl (C=O) groups excluding carboxylic acids is 3. The molecule has 5 atom stereocenters. The maximum atomic E-state index is 12.7. The summed E-state index contributed by atoms with van der Waals surface area (Å²) < 4.78 is 0. The van der Waals surface area contributed by atoms with Gasteiger partial charge in [0.1, 0.15) is 18.1 Å². The number of carboxylic acid groups (broad SMARTS) is 1. The third kappa shape index (κ3) is 7.71. The van der Waals surface area contributed by atoms with E-state index in [9.17, 15) is 24.3 Å². The minimum Gasteiger partial charge on any atom is -0.480 e. The maximum absolute atomic E-state index is 12.7. The van der Waals surface area contributed by atoms with Crippen LogP contribution in [0, 0.1) is 0 Å². The Morgan fingerprint density at radius 2 is 1.76 bits per heavy atom. The molecule has 29 heavy (non-hydrogen) atoms. The van der Waals surface area contributed by atoms with Crippen LogP contribution in [0.1, 0.15) is 19.5 Å². The zero-order valence-electron chi connectivity index (χ0n) is 16.0. The molecule has 8 N–H and O–H groups in total. The first-order valence-electron chi connectivity index (χ1n) is 8.72. The van der Waals surface area contributed by atoms with Crippen molar-refractivity contribution < 1.29 is 29.4 Å². The topological polar surface area (TPSA) is 200 Å². The first kappa shape index (κ1) is 24.4. The number of nitrogens with two attached hydrogens (primary N) is 1. The van der Waals surface area contributed by atoms with E-state index in [1.807, 2.05) is 0 Å². The molecule has 12 nitrogen and oxygen atoms in total. The minimum absolute atomic E-state index is 0.0207. The van der Waals surface area contributed by atoms with Gasteiger partial charge in [0.05, 0.1) is 18.5 Å². The molecule has 0 fully saturated rings. The second-order valence-electron chi connectivity index (χ2n) is 6.44. The molecule has 1 aromatic heterocycles. The van der Waals surface area contributed by atoms with Gasteiger partial charge in [-0.25, -0.2) is 9.78 Å². The molecule has 0 aliphatic rings. The number of nitrogens with zero attached hydrogens (tertiary/aromatic N) is 1. The van der Waals surface area contributed by atoms with Gasteiger partial charge in [-0.05, 0) is 13.8 Å². The van der Waals surface area contributed by atoms with Crippen LogP contribution in [0.3, 0.4) is 0 Å². The van der Waals surface area contributed by atoms with Gasteiger partial charge in [0.25, 0.3) is 0 Å². The number of aliphatic hydroxyl groups is 1. The van der Waals surface area contributed by atoms with Gasteiger partial charge in [0.2, 0.25) is 17.7 Å². The van der Waals surface area contributed by atoms with Crippen molar-refractivity contribution in [3.63, 3.8) is 0 Å². The normalized spacial score (nSPS) is 16.0. The van der Waals surface area contributed by atoms with E-state index < -0.39 is 54.0 Å². The number of nitrogens with one attached hydrogen (secondary N) is 4. The van der Waals surface area contributed by atoms with Crippen molar-refractivity contribution in [3.8, 4) is 0 Å². The quantitative estimate of drug-likeness (QED) is 0.171. The average molecular weight is 430 g/mol. The maximum Gasteiger partial charge on any atom is 0.327 e. The van der Waals surface area contributed by atoms with Crippen LogP contribution in [-0.2, 0) is 25.6 Å². The van der Waals surface area contributed by atoms with Crippen LogP contribution in [0.25, 0.3) is 0 Å². The molecular formula is C16H26N6O6S. The van der Waals surface area contributed by atoms with Crippen molar-refractivity contribution in [3.05, 3.63) is 18.2 Å². The number of hydrogen-bond acceptors (Lipinski definition) is 8. The number of aromatic amines is 1. The second kappa shape index (κ2) is 11.4. The van der Waals surface area contributed by atoms with Gasteiger partial charge >= 0.3 is 5.97 Å². The van der Waals surface area contributed by atoms with Crippen LogP contribution in [0.2, 0.25) is 0 Å². The Kier molecular flexibility index (Phi) is 9.58. The van der Waals surface area contributed by atoms with E-state index in [0.29, 0.717) is 5.69 Å². The van der Waals surface area contributed by atoms with Crippen molar-refractivity contribution in [2.45, 2.75) is 50.5 Å². The number of thiol groups is 1. The Morgan fingerprint density at radius 3 is 2.21 bits per heavy atom. The Hall–Kier alpha value is -2.64. The van der Waals surface area contributed by atoms with Crippen molar-refractivity contribution in [2.24, 2.45) is 5.73 Å². The SMILES string of the molecule is CC(N)C(=O)NC(Cc1cnc[nH]1)C(=O)NC(C(=O)NC(CS)C(=O)O)C(C)O. The van der Waals surface area contributed by atoms with Crippen LogP contribution in [-0.4, -0.2) is 79.9 Å². The van der Waals surface area contributed by atoms with Gasteiger partial charge in [0, 0.05) is 24.1 Å². The fraction of sp³-hybridized carbons (Fsp3) is 0.562. The summed E-state index contributed by atoms with van der Waals surface area (Å²) in [4.78, 5) is 54.7. The van der Waals surface area contributed by atoms with E-state index >= 15 is 0 Å². The number of hydrogen-bond donors (Lipinski definition) is 8. The fourth-order valence-corrected chi connectivity index (χ4v) is 2.48. The summed E-state index contributed by atoms with van der Waals surface area (Å²) in [6.07, 6.45) is 1.53. The van der Waals surface area contributed by atoms with Gasteiger partial charge in [-0.2, -0.15) is 12.6 Å². The van der Waals surface area contributed by atoms with Crippen LogP contribution >= 0.6 is 12.6 Å². The van der Waals surface area contributed by atoms with E-state index in [1.54, 1.807) is 0 Å². The standard InChI is InChI=1S/C16H26N6O6S/c1-7(17)13(24)20-10(3-9-4-18-6-19-9)14(25)22-12(8(2)23)15(26)21-11(5-29)16(27)28/h4,6-8,10-12,23,29H,3,5,17H2,1-2H3,(H,18,19)(H,20,24)(H,21,26)(H,22,25)(H,27,28). The van der Waals surface area contributed by atoms with E-state index in [0.717, 1.165) is 0 Å². The fourth-order valence-electron chi connectivity index (χ4n) is 2.23. The van der Waals surface area contributed by atoms with Crippen molar-refractivity contribution in [2.75, 3.05) is 5.75 Å². The number of aliphatic hydroxyl groups excluding tert-OH is 1. The van der Waals surface area contributed by atoms with Gasteiger partial charge in [-0.1, -0.05) is 0 Å². The number of imidazole rings is 1. The summed E-state index contributed by atoms with van der Waals surface area (Å²) in [5, 5.41) is 25.9. The molecule has 13 heteroatoms. The van der Waals surface area contributed by atoms with Crippen molar-refractivity contribution >= 4 is 36.3 Å². The Bertz CT molecular complexity index is 711. The summed E-state index contributed by atoms with van der Waals surface area (Å²) >= 11 is 3.84. The Labute approximate surface area is 172 Å². The van der Waals surface area contributed by atoms with Crippen LogP contribution in [0.15, 0.2) is 12.5 Å². The van der Waals surface area contributed by atoms with E-state index in [4.69, 9.17) is 10.8 Å². The van der Waals surface area contributed by atoms with Gasteiger partial charge in [-0.3, -0.25) is 14.4 Å². The zero-order valence-corrected chi connectivity index (χ0v) is 16.8. The molecule has 0 aliphatic carbocycles. The number of amides is 3. The van der Waals surface area contributed by atoms with E-state index in [1.165, 1.54) is 26.4 Å². The second-order valence-corrected chi connectivity index (χ2v) is 6.80. The largest absolute Gasteiger partial charge is 0.480 e. The number of carboxylic acids is 1. The van der Waals surface area contributed by atoms with Crippen LogP contribution in [0.5, 0.6) is 0 Å². The molecule has 0 saturated heterocycles. The third-order valence-corrected chi connectivity index (χ3v) is 4.25. The molecule has 0 aromatic carbocycles. The van der Waals surface area contributed by atoms with E-state index in [2.05, 4.69) is 38.5 Å². The summed E-state index contributed by atoms with van der Waals surface area (Å²) in [5.74, 6) is -3.77. The molecule has 0 aliphatic heterocycles. The Morgan fingerprint density at radius 1 is 1.14 bits per heavy atom. The highest BCUT2D eigenvalue weighted by atomic mass is 32.1. The molecule has 1 rings (SSSR count). The van der Waals surface area contributed by atoms with Crippen molar-refractivity contribution in [1.29, 1.82) is 0 Å². The summed E-state index contributed by atoms with van der Waals surface area (Å²) in [7, 11) is 0. The first-order chi connectivity index (χ1) is 13.6. The number of H-pyrrole nitrogens is 1. The summed E-state index contributed by atoms with van der Waals surface area (Å²) in [6.45, 7) is 2.70. The molecule has 5 unspecified atom stereocenters. The van der Waals surface area contributed by atoms with Crippen LogP contribution < -0.4 is 21.7 Å². The molecule has 0 spiro atoms. The third-order valence-electron chi connectivity index (χ3n) is 3.89. The highest BCUT2D eigenvalue weighted by molar-refractivity contribution is 7.80. The first-order valence-corrected chi connectivity index (χ1v) is 9.35. The lowest BCUT2D eigenvalue weighted by atomic mass is 10.1. The lowest BCUT2D eigenvalue weighted by molar-refractivity contribution is -0.142. The number of aromatic nitrogens is 2. The molecular weight excluding hydrogens is 404 g/mol. The van der Waals surface area contributed by atoms with Gasteiger partial charge < -0.3 is 36.9 Å². The molecule has 0 bridgehead atoms. The van der Waals surface area contributed by atoms with E-state index in [-0.39, 0.29) is 12.2 Å².